The molecule has 0 bridgehead atoms. The number of Topliss-reactive ketones (excluding diaryl/α,β-unsaturated/α-hetero) is 1. The molecule has 1 N–H and O–H groups in total. The molecule has 0 amide bonds. The second kappa shape index (κ2) is 12.1. The number of hydrogen-bond acceptors (Lipinski definition) is 6. The highest BCUT2D eigenvalue weighted by Gasteiger charge is 2.24. The summed E-state index contributed by atoms with van der Waals surface area (Å²) in [7, 11) is 3.50. The molecule has 0 aliphatic carbocycles. The Morgan fingerprint density at radius 1 is 1.23 bits per heavy atom. The number of aryl methyl sites for hydroxylation is 1. The second-order valence-electron chi connectivity index (χ2n) is 8.78. The van der Waals surface area contributed by atoms with Crippen LogP contribution in [0.1, 0.15) is 59.8 Å². The molecule has 0 aliphatic heterocycles. The number of rotatable bonds is 13. The monoisotopic (exact) mass is 477 g/mol. The fourth-order valence-electron chi connectivity index (χ4n) is 4.26. The van der Waals surface area contributed by atoms with Crippen molar-refractivity contribution < 1.29 is 24.2 Å². The highest BCUT2D eigenvalue weighted by Crippen LogP contribution is 2.29. The summed E-state index contributed by atoms with van der Waals surface area (Å²) in [5.41, 5.74) is 3.46. The quantitative estimate of drug-likeness (QED) is 0.281. The van der Waals surface area contributed by atoms with Gasteiger partial charge in [-0.15, -0.1) is 0 Å². The summed E-state index contributed by atoms with van der Waals surface area (Å²) in [6.45, 7) is 2.84. The summed E-state index contributed by atoms with van der Waals surface area (Å²) in [6, 6.07) is 11.5. The average molecular weight is 478 g/mol. The Hall–Kier alpha value is -3.70. The number of methoxy groups -OCH3 is 1. The summed E-state index contributed by atoms with van der Waals surface area (Å²) in [5.74, 6) is -0.540. The highest BCUT2D eigenvalue weighted by molar-refractivity contribution is 6.09. The van der Waals surface area contributed by atoms with Crippen LogP contribution < -0.4 is 4.74 Å². The molecule has 3 rings (SSSR count). The zero-order valence-electron chi connectivity index (χ0n) is 20.4. The SMILES string of the molecule is COc1cccc(COCCCCc2c(C(=O)CC(C)CC(=O)O)c3cc(C#N)cnc3n2C)c1. The molecule has 0 aliphatic rings. The number of fused-ring (bicyclic) bond motifs is 1. The fraction of sp³-hybridized carbons (Fsp3) is 0.407. The molecule has 0 saturated heterocycles. The van der Waals surface area contributed by atoms with Gasteiger partial charge in [-0.25, -0.2) is 4.98 Å². The van der Waals surface area contributed by atoms with Crippen LogP contribution in [0.4, 0.5) is 0 Å². The van der Waals surface area contributed by atoms with E-state index in [-0.39, 0.29) is 24.5 Å². The van der Waals surface area contributed by atoms with E-state index in [4.69, 9.17) is 14.6 Å². The van der Waals surface area contributed by atoms with E-state index in [9.17, 15) is 14.9 Å². The molecule has 8 nitrogen and oxygen atoms in total. The van der Waals surface area contributed by atoms with Crippen molar-refractivity contribution in [1.82, 2.24) is 9.55 Å². The number of ether oxygens (including phenoxy) is 2. The van der Waals surface area contributed by atoms with Crippen molar-refractivity contribution in [1.29, 1.82) is 5.26 Å². The number of hydrogen-bond donors (Lipinski definition) is 1. The van der Waals surface area contributed by atoms with Crippen molar-refractivity contribution in [2.45, 2.75) is 45.6 Å². The second-order valence-corrected chi connectivity index (χ2v) is 8.78. The number of carboxylic acid groups (broad SMARTS) is 1. The lowest BCUT2D eigenvalue weighted by atomic mass is 9.94. The molecule has 2 heterocycles. The number of nitriles is 1. The normalized spacial score (nSPS) is 11.8. The molecule has 2 aromatic heterocycles. The Balaban J connectivity index is 1.70. The number of aliphatic carboxylic acids is 1. The summed E-state index contributed by atoms with van der Waals surface area (Å²) in [4.78, 5) is 28.7. The van der Waals surface area contributed by atoms with Crippen molar-refractivity contribution in [2.24, 2.45) is 13.0 Å². The van der Waals surface area contributed by atoms with E-state index in [1.807, 2.05) is 35.9 Å². The first-order valence-corrected chi connectivity index (χ1v) is 11.7. The minimum Gasteiger partial charge on any atom is -0.497 e. The molecule has 1 atom stereocenters. The van der Waals surface area contributed by atoms with Gasteiger partial charge in [-0.1, -0.05) is 19.1 Å². The maximum atomic E-state index is 13.3. The molecule has 1 unspecified atom stereocenters. The number of unbranched alkanes of at least 4 members (excludes halogenated alkanes) is 1. The Morgan fingerprint density at radius 3 is 2.74 bits per heavy atom. The van der Waals surface area contributed by atoms with Crippen LogP contribution in [0.15, 0.2) is 36.5 Å². The van der Waals surface area contributed by atoms with E-state index < -0.39 is 5.97 Å². The van der Waals surface area contributed by atoms with E-state index in [0.717, 1.165) is 29.8 Å². The van der Waals surface area contributed by atoms with Crippen LogP contribution in [0.2, 0.25) is 0 Å². The van der Waals surface area contributed by atoms with E-state index in [2.05, 4.69) is 11.1 Å². The Kier molecular flexibility index (Phi) is 8.98. The predicted octanol–water partition coefficient (Wildman–Crippen LogP) is 4.68. The van der Waals surface area contributed by atoms with Gasteiger partial charge in [0.25, 0.3) is 0 Å². The fourth-order valence-corrected chi connectivity index (χ4v) is 4.26. The number of carbonyl (C=O) groups is 2. The van der Waals surface area contributed by atoms with Gasteiger partial charge in [-0.05, 0) is 48.9 Å². The number of ketones is 1. The van der Waals surface area contributed by atoms with Crippen LogP contribution in [0.25, 0.3) is 11.0 Å². The van der Waals surface area contributed by atoms with Crippen molar-refractivity contribution >= 4 is 22.8 Å². The van der Waals surface area contributed by atoms with E-state index >= 15 is 0 Å². The first-order chi connectivity index (χ1) is 16.8. The third-order valence-electron chi connectivity index (χ3n) is 5.97. The van der Waals surface area contributed by atoms with Gasteiger partial charge in [0.15, 0.2) is 5.78 Å². The minimum absolute atomic E-state index is 0.0713. The number of carboxylic acids is 1. The average Bonchev–Trinajstić information content (AvgIpc) is 3.11. The number of carbonyl (C=O) groups excluding carboxylic acids is 1. The standard InChI is InChI=1S/C27H31N3O5/c1-18(12-25(32)33)11-24(31)26-22-14-20(15-28)16-29-27(22)30(2)23(26)9-4-5-10-35-17-19-7-6-8-21(13-19)34-3/h6-8,13-14,16,18H,4-5,9-12,17H2,1-3H3,(H,32,33). The summed E-state index contributed by atoms with van der Waals surface area (Å²) >= 11 is 0. The van der Waals surface area contributed by atoms with Crippen molar-refractivity contribution in [3.63, 3.8) is 0 Å². The largest absolute Gasteiger partial charge is 0.497 e. The van der Waals surface area contributed by atoms with Gasteiger partial charge in [0.2, 0.25) is 0 Å². The third-order valence-corrected chi connectivity index (χ3v) is 5.97. The first-order valence-electron chi connectivity index (χ1n) is 11.7. The molecule has 184 valence electrons. The van der Waals surface area contributed by atoms with Gasteiger partial charge in [-0.3, -0.25) is 9.59 Å². The zero-order valence-corrected chi connectivity index (χ0v) is 20.4. The summed E-state index contributed by atoms with van der Waals surface area (Å²) in [5, 5.41) is 19.0. The van der Waals surface area contributed by atoms with Gasteiger partial charge < -0.3 is 19.1 Å². The number of pyridine rings is 1. The van der Waals surface area contributed by atoms with Gasteiger partial charge in [0.1, 0.15) is 17.5 Å². The molecular formula is C27H31N3O5. The van der Waals surface area contributed by atoms with Crippen LogP contribution in [-0.2, 0) is 29.6 Å². The van der Waals surface area contributed by atoms with E-state index in [1.54, 1.807) is 20.1 Å². The highest BCUT2D eigenvalue weighted by atomic mass is 16.5. The molecular weight excluding hydrogens is 446 g/mol. The molecule has 0 fully saturated rings. The van der Waals surface area contributed by atoms with Crippen molar-refractivity contribution in [3.8, 4) is 11.8 Å². The molecule has 35 heavy (non-hydrogen) atoms. The number of aromatic nitrogens is 2. The molecule has 0 saturated carbocycles. The summed E-state index contributed by atoms with van der Waals surface area (Å²) in [6.07, 6.45) is 3.81. The lowest BCUT2D eigenvalue weighted by Crippen LogP contribution is -2.12. The summed E-state index contributed by atoms with van der Waals surface area (Å²) < 4.78 is 13.0. The minimum atomic E-state index is -0.925. The van der Waals surface area contributed by atoms with Crippen LogP contribution >= 0.6 is 0 Å². The Labute approximate surface area is 205 Å². The number of benzene rings is 1. The van der Waals surface area contributed by atoms with Gasteiger partial charge in [-0.2, -0.15) is 5.26 Å². The van der Waals surface area contributed by atoms with Crippen LogP contribution in [0.5, 0.6) is 5.75 Å². The predicted molar refractivity (Wildman–Crippen MR) is 131 cm³/mol. The number of nitrogens with zero attached hydrogens (tertiary/aromatic N) is 3. The maximum absolute atomic E-state index is 13.3. The zero-order chi connectivity index (χ0) is 25.4. The first kappa shape index (κ1) is 25.9. The van der Waals surface area contributed by atoms with Crippen molar-refractivity contribution in [2.75, 3.05) is 13.7 Å². The molecule has 0 spiro atoms. The Bertz CT molecular complexity index is 1240. The molecule has 1 aromatic carbocycles. The Morgan fingerprint density at radius 2 is 2.03 bits per heavy atom. The van der Waals surface area contributed by atoms with Gasteiger partial charge >= 0.3 is 5.97 Å². The van der Waals surface area contributed by atoms with Crippen LogP contribution in [-0.4, -0.2) is 40.1 Å². The van der Waals surface area contributed by atoms with Crippen LogP contribution in [0, 0.1) is 17.2 Å². The smallest absolute Gasteiger partial charge is 0.303 e. The van der Waals surface area contributed by atoms with Crippen LogP contribution in [0.3, 0.4) is 0 Å². The van der Waals surface area contributed by atoms with Crippen molar-refractivity contribution in [3.05, 3.63) is 58.9 Å². The lowest BCUT2D eigenvalue weighted by molar-refractivity contribution is -0.137. The molecule has 0 radical (unpaired) electrons. The molecule has 3 aromatic rings. The molecule has 8 heteroatoms. The lowest BCUT2D eigenvalue weighted by Gasteiger charge is -2.11. The van der Waals surface area contributed by atoms with E-state index in [1.165, 1.54) is 6.20 Å². The maximum Gasteiger partial charge on any atom is 0.303 e. The van der Waals surface area contributed by atoms with Gasteiger partial charge in [0, 0.05) is 49.3 Å². The third kappa shape index (κ3) is 6.67. The topological polar surface area (TPSA) is 114 Å². The van der Waals surface area contributed by atoms with E-state index in [0.29, 0.717) is 41.8 Å². The van der Waals surface area contributed by atoms with Gasteiger partial charge in [0.05, 0.1) is 19.3 Å².